The number of phenols is 1. The molecular weight excluding hydrogens is 258 g/mol. The van der Waals surface area contributed by atoms with Crippen molar-refractivity contribution in [2.24, 2.45) is 5.73 Å². The fourth-order valence-corrected chi connectivity index (χ4v) is 2.12. The van der Waals surface area contributed by atoms with Crippen LogP contribution in [0.2, 0.25) is 0 Å². The topological polar surface area (TPSA) is 55.5 Å². The van der Waals surface area contributed by atoms with Crippen molar-refractivity contribution in [2.45, 2.75) is 24.8 Å². The van der Waals surface area contributed by atoms with Gasteiger partial charge in [0.05, 0.1) is 7.11 Å². The number of hydrogen-bond acceptors (Lipinski definition) is 3. The molecule has 4 heteroatoms. The summed E-state index contributed by atoms with van der Waals surface area (Å²) in [5, 5.41) is 9.90. The standard InChI is InChI=1S/C11H14BrNO2/c1-15-9-5-8(12)4-7(10(9)14)6-11(13)2-3-11/h4-5,14H,2-3,6,13H2,1H3. The minimum atomic E-state index is -0.108. The maximum Gasteiger partial charge on any atom is 0.161 e. The number of ether oxygens (including phenoxy) is 1. The highest BCUT2D eigenvalue weighted by Gasteiger charge is 2.38. The van der Waals surface area contributed by atoms with Crippen LogP contribution in [0.4, 0.5) is 0 Å². The first-order valence-electron chi connectivity index (χ1n) is 4.88. The summed E-state index contributed by atoms with van der Waals surface area (Å²) in [7, 11) is 1.54. The first kappa shape index (κ1) is 10.8. The van der Waals surface area contributed by atoms with E-state index in [9.17, 15) is 5.11 Å². The lowest BCUT2D eigenvalue weighted by atomic mass is 10.0. The lowest BCUT2D eigenvalue weighted by Gasteiger charge is -2.13. The minimum Gasteiger partial charge on any atom is -0.504 e. The Kier molecular flexibility index (Phi) is 2.64. The van der Waals surface area contributed by atoms with Gasteiger partial charge in [-0.2, -0.15) is 0 Å². The van der Waals surface area contributed by atoms with E-state index in [2.05, 4.69) is 15.9 Å². The number of halogens is 1. The van der Waals surface area contributed by atoms with Crippen LogP contribution in [0.15, 0.2) is 16.6 Å². The van der Waals surface area contributed by atoms with E-state index in [1.54, 1.807) is 13.2 Å². The lowest BCUT2D eigenvalue weighted by molar-refractivity contribution is 0.369. The number of methoxy groups -OCH3 is 1. The predicted molar refractivity (Wildman–Crippen MR) is 62.2 cm³/mol. The van der Waals surface area contributed by atoms with Gasteiger partial charge in [-0.15, -0.1) is 0 Å². The molecule has 1 fully saturated rings. The summed E-state index contributed by atoms with van der Waals surface area (Å²) in [5.74, 6) is 0.695. The first-order chi connectivity index (χ1) is 7.04. The molecule has 0 aliphatic heterocycles. The fourth-order valence-electron chi connectivity index (χ4n) is 1.64. The van der Waals surface area contributed by atoms with Gasteiger partial charge in [-0.1, -0.05) is 15.9 Å². The van der Waals surface area contributed by atoms with Gasteiger partial charge in [-0.05, 0) is 31.4 Å². The number of benzene rings is 1. The quantitative estimate of drug-likeness (QED) is 0.886. The molecule has 0 aromatic heterocycles. The fraction of sp³-hybridized carbons (Fsp3) is 0.455. The Balaban J connectivity index is 2.32. The van der Waals surface area contributed by atoms with Crippen molar-refractivity contribution < 1.29 is 9.84 Å². The molecule has 0 unspecified atom stereocenters. The molecule has 3 N–H and O–H groups in total. The van der Waals surface area contributed by atoms with E-state index in [1.165, 1.54) is 0 Å². The number of hydrogen-bond donors (Lipinski definition) is 2. The van der Waals surface area contributed by atoms with E-state index in [4.69, 9.17) is 10.5 Å². The second-order valence-corrected chi connectivity index (χ2v) is 5.07. The molecule has 3 nitrogen and oxygen atoms in total. The van der Waals surface area contributed by atoms with Crippen LogP contribution in [0, 0.1) is 0 Å². The molecule has 0 saturated heterocycles. The average molecular weight is 272 g/mol. The van der Waals surface area contributed by atoms with Gasteiger partial charge in [-0.3, -0.25) is 0 Å². The molecule has 0 amide bonds. The van der Waals surface area contributed by atoms with E-state index in [0.29, 0.717) is 12.2 Å². The van der Waals surface area contributed by atoms with Crippen LogP contribution in [0.1, 0.15) is 18.4 Å². The van der Waals surface area contributed by atoms with Crippen molar-refractivity contribution in [2.75, 3.05) is 7.11 Å². The smallest absolute Gasteiger partial charge is 0.161 e. The third-order valence-corrected chi connectivity index (χ3v) is 3.23. The van der Waals surface area contributed by atoms with Gasteiger partial charge < -0.3 is 15.6 Å². The number of rotatable bonds is 3. The Bertz CT molecular complexity index is 388. The van der Waals surface area contributed by atoms with E-state index in [0.717, 1.165) is 22.9 Å². The molecule has 0 spiro atoms. The predicted octanol–water partition coefficient (Wildman–Crippen LogP) is 2.20. The van der Waals surface area contributed by atoms with Gasteiger partial charge in [0, 0.05) is 15.6 Å². The SMILES string of the molecule is COc1cc(Br)cc(CC2(N)CC2)c1O. The second kappa shape index (κ2) is 3.68. The van der Waals surface area contributed by atoms with Crippen LogP contribution in [0.25, 0.3) is 0 Å². The zero-order chi connectivity index (χ0) is 11.1. The molecule has 0 atom stereocenters. The maximum absolute atomic E-state index is 9.90. The van der Waals surface area contributed by atoms with E-state index in [1.807, 2.05) is 6.07 Å². The molecule has 2 rings (SSSR count). The molecule has 0 heterocycles. The molecule has 1 aromatic rings. The van der Waals surface area contributed by atoms with Gasteiger partial charge in [-0.25, -0.2) is 0 Å². The van der Waals surface area contributed by atoms with Crippen LogP contribution in [-0.2, 0) is 6.42 Å². The van der Waals surface area contributed by atoms with E-state index < -0.39 is 0 Å². The second-order valence-electron chi connectivity index (χ2n) is 4.15. The van der Waals surface area contributed by atoms with Crippen LogP contribution in [-0.4, -0.2) is 17.8 Å². The Labute approximate surface area is 97.4 Å². The summed E-state index contributed by atoms with van der Waals surface area (Å²) in [6.07, 6.45) is 2.76. The number of phenolic OH excluding ortho intramolecular Hbond substituents is 1. The van der Waals surface area contributed by atoms with Crippen molar-refractivity contribution in [3.05, 3.63) is 22.2 Å². The Morgan fingerprint density at radius 1 is 1.53 bits per heavy atom. The number of nitrogens with two attached hydrogens (primary N) is 1. The van der Waals surface area contributed by atoms with Crippen LogP contribution < -0.4 is 10.5 Å². The van der Waals surface area contributed by atoms with Gasteiger partial charge in [0.1, 0.15) is 0 Å². The summed E-state index contributed by atoms with van der Waals surface area (Å²) in [5.41, 5.74) is 6.76. The third-order valence-electron chi connectivity index (χ3n) is 2.77. The van der Waals surface area contributed by atoms with E-state index in [-0.39, 0.29) is 11.3 Å². The summed E-state index contributed by atoms with van der Waals surface area (Å²) in [6, 6.07) is 3.64. The normalized spacial score (nSPS) is 17.5. The Morgan fingerprint density at radius 2 is 2.20 bits per heavy atom. The molecule has 82 valence electrons. The molecule has 1 saturated carbocycles. The summed E-state index contributed by atoms with van der Waals surface area (Å²) in [4.78, 5) is 0. The molecule has 1 aliphatic carbocycles. The average Bonchev–Trinajstić information content (AvgIpc) is 2.89. The van der Waals surface area contributed by atoms with Crippen LogP contribution >= 0.6 is 15.9 Å². The Hall–Kier alpha value is -0.740. The summed E-state index contributed by atoms with van der Waals surface area (Å²) < 4.78 is 5.98. The van der Waals surface area contributed by atoms with Gasteiger partial charge in [0.15, 0.2) is 11.5 Å². The van der Waals surface area contributed by atoms with Crippen LogP contribution in [0.3, 0.4) is 0 Å². The summed E-state index contributed by atoms with van der Waals surface area (Å²) >= 11 is 3.38. The Morgan fingerprint density at radius 3 is 2.73 bits per heavy atom. The minimum absolute atomic E-state index is 0.108. The maximum atomic E-state index is 9.90. The third kappa shape index (κ3) is 2.26. The molecular formula is C11H14BrNO2. The highest BCUT2D eigenvalue weighted by molar-refractivity contribution is 9.10. The molecule has 15 heavy (non-hydrogen) atoms. The largest absolute Gasteiger partial charge is 0.504 e. The van der Waals surface area contributed by atoms with Crippen molar-refractivity contribution >= 4 is 15.9 Å². The zero-order valence-corrected chi connectivity index (χ0v) is 10.2. The van der Waals surface area contributed by atoms with Crippen molar-refractivity contribution in [3.63, 3.8) is 0 Å². The van der Waals surface area contributed by atoms with Gasteiger partial charge in [0.25, 0.3) is 0 Å². The molecule has 0 bridgehead atoms. The first-order valence-corrected chi connectivity index (χ1v) is 5.68. The lowest BCUT2D eigenvalue weighted by Crippen LogP contribution is -2.24. The molecule has 0 radical (unpaired) electrons. The van der Waals surface area contributed by atoms with E-state index >= 15 is 0 Å². The highest BCUT2D eigenvalue weighted by Crippen LogP contribution is 2.41. The van der Waals surface area contributed by atoms with Crippen LogP contribution in [0.5, 0.6) is 11.5 Å². The number of aromatic hydroxyl groups is 1. The highest BCUT2D eigenvalue weighted by atomic mass is 79.9. The van der Waals surface area contributed by atoms with Crippen molar-refractivity contribution in [3.8, 4) is 11.5 Å². The zero-order valence-electron chi connectivity index (χ0n) is 8.59. The van der Waals surface area contributed by atoms with Crippen molar-refractivity contribution in [1.82, 2.24) is 0 Å². The van der Waals surface area contributed by atoms with Crippen molar-refractivity contribution in [1.29, 1.82) is 0 Å². The summed E-state index contributed by atoms with van der Waals surface area (Å²) in [6.45, 7) is 0. The van der Waals surface area contributed by atoms with Gasteiger partial charge in [0.2, 0.25) is 0 Å². The molecule has 1 aliphatic rings. The van der Waals surface area contributed by atoms with Gasteiger partial charge >= 0.3 is 0 Å². The monoisotopic (exact) mass is 271 g/mol. The molecule has 1 aromatic carbocycles.